The number of ether oxygens (including phenoxy) is 1. The molecule has 0 spiro atoms. The van der Waals surface area contributed by atoms with Crippen LogP contribution in [0.4, 0.5) is 0 Å². The maximum Gasteiger partial charge on any atom is 0.417 e. The van der Waals surface area contributed by atoms with Crippen molar-refractivity contribution >= 4 is 11.1 Å². The molecule has 3 aromatic rings. The molecule has 0 bridgehead atoms. The number of benzene rings is 1. The molecule has 0 fully saturated rings. The summed E-state index contributed by atoms with van der Waals surface area (Å²) in [5, 5.41) is 0. The topological polar surface area (TPSA) is 83.9 Å². The van der Waals surface area contributed by atoms with E-state index in [1.54, 1.807) is 19.4 Å². The number of methoxy groups -OCH3 is 1. The van der Waals surface area contributed by atoms with Crippen molar-refractivity contribution in [1.82, 2.24) is 15.0 Å². The standard InChI is InChI=1S/C11H9N3O3/c1-16-10-12-5-8(13-10)6-2-3-9-7(4-6)14-11(15)17-9/h2-5H,1H3,(H,12,13)(H,14,15). The molecule has 0 aliphatic rings. The third-order valence-corrected chi connectivity index (χ3v) is 2.48. The van der Waals surface area contributed by atoms with Crippen molar-refractivity contribution in [3.05, 3.63) is 34.9 Å². The minimum atomic E-state index is -0.459. The monoisotopic (exact) mass is 231 g/mol. The Morgan fingerprint density at radius 3 is 3.00 bits per heavy atom. The molecule has 0 aliphatic heterocycles. The van der Waals surface area contributed by atoms with E-state index in [0.29, 0.717) is 17.1 Å². The lowest BCUT2D eigenvalue weighted by Crippen LogP contribution is -1.92. The Bertz CT molecular complexity index is 723. The summed E-state index contributed by atoms with van der Waals surface area (Å²) in [4.78, 5) is 20.6. The van der Waals surface area contributed by atoms with Crippen LogP contribution in [-0.2, 0) is 0 Å². The fourth-order valence-electron chi connectivity index (χ4n) is 1.67. The normalized spacial score (nSPS) is 10.9. The van der Waals surface area contributed by atoms with Crippen LogP contribution in [0.1, 0.15) is 0 Å². The van der Waals surface area contributed by atoms with E-state index in [1.807, 2.05) is 12.1 Å². The van der Waals surface area contributed by atoms with Crippen LogP contribution in [0.2, 0.25) is 0 Å². The van der Waals surface area contributed by atoms with Gasteiger partial charge in [-0.25, -0.2) is 9.78 Å². The maximum atomic E-state index is 11.0. The van der Waals surface area contributed by atoms with E-state index in [4.69, 9.17) is 9.15 Å². The fraction of sp³-hybridized carbons (Fsp3) is 0.0909. The summed E-state index contributed by atoms with van der Waals surface area (Å²) in [5.74, 6) is -0.459. The predicted molar refractivity (Wildman–Crippen MR) is 61.0 cm³/mol. The van der Waals surface area contributed by atoms with Crippen LogP contribution in [-0.4, -0.2) is 22.1 Å². The van der Waals surface area contributed by atoms with E-state index < -0.39 is 5.76 Å². The number of imidazole rings is 1. The Morgan fingerprint density at radius 2 is 2.24 bits per heavy atom. The summed E-state index contributed by atoms with van der Waals surface area (Å²) in [6.45, 7) is 0. The molecule has 2 aromatic heterocycles. The van der Waals surface area contributed by atoms with E-state index in [1.165, 1.54) is 0 Å². The van der Waals surface area contributed by atoms with E-state index in [-0.39, 0.29) is 0 Å². The van der Waals surface area contributed by atoms with Gasteiger partial charge in [0.05, 0.1) is 24.5 Å². The number of aromatic amines is 2. The molecule has 6 heteroatoms. The summed E-state index contributed by atoms with van der Waals surface area (Å²) in [5.41, 5.74) is 2.89. The summed E-state index contributed by atoms with van der Waals surface area (Å²) in [7, 11) is 1.54. The molecule has 86 valence electrons. The first-order valence-electron chi connectivity index (χ1n) is 4.98. The zero-order chi connectivity index (χ0) is 11.8. The Balaban J connectivity index is 2.13. The highest BCUT2D eigenvalue weighted by Crippen LogP contribution is 2.22. The summed E-state index contributed by atoms with van der Waals surface area (Å²) >= 11 is 0. The van der Waals surface area contributed by atoms with Gasteiger partial charge >= 0.3 is 5.76 Å². The van der Waals surface area contributed by atoms with Gasteiger partial charge in [-0.3, -0.25) is 4.98 Å². The summed E-state index contributed by atoms with van der Waals surface area (Å²) in [6, 6.07) is 5.83. The largest absolute Gasteiger partial charge is 0.468 e. The Morgan fingerprint density at radius 1 is 1.35 bits per heavy atom. The van der Waals surface area contributed by atoms with Gasteiger partial charge in [-0.05, 0) is 18.2 Å². The number of H-pyrrole nitrogens is 2. The molecular formula is C11H9N3O3. The number of hydrogen-bond acceptors (Lipinski definition) is 4. The van der Waals surface area contributed by atoms with Gasteiger partial charge in [0.2, 0.25) is 0 Å². The van der Waals surface area contributed by atoms with Crippen LogP contribution in [0.25, 0.3) is 22.4 Å². The molecule has 0 saturated carbocycles. The average molecular weight is 231 g/mol. The van der Waals surface area contributed by atoms with Crippen molar-refractivity contribution in [2.75, 3.05) is 7.11 Å². The number of fused-ring (bicyclic) bond motifs is 1. The first-order chi connectivity index (χ1) is 8.26. The van der Waals surface area contributed by atoms with Crippen molar-refractivity contribution in [1.29, 1.82) is 0 Å². The first kappa shape index (κ1) is 9.71. The highest BCUT2D eigenvalue weighted by atomic mass is 16.5. The molecule has 0 amide bonds. The lowest BCUT2D eigenvalue weighted by molar-refractivity contribution is 0.384. The van der Waals surface area contributed by atoms with E-state index in [2.05, 4.69) is 15.0 Å². The minimum absolute atomic E-state index is 0.445. The second-order valence-electron chi connectivity index (χ2n) is 3.53. The number of rotatable bonds is 2. The predicted octanol–water partition coefficient (Wildman–Crippen LogP) is 1.52. The zero-order valence-electron chi connectivity index (χ0n) is 8.98. The molecule has 0 aliphatic carbocycles. The van der Waals surface area contributed by atoms with Crippen LogP contribution >= 0.6 is 0 Å². The molecule has 0 atom stereocenters. The molecule has 0 saturated heterocycles. The summed E-state index contributed by atoms with van der Waals surface area (Å²) < 4.78 is 9.89. The van der Waals surface area contributed by atoms with Crippen molar-refractivity contribution in [2.45, 2.75) is 0 Å². The average Bonchev–Trinajstić information content (AvgIpc) is 2.92. The molecule has 2 N–H and O–H groups in total. The lowest BCUT2D eigenvalue weighted by atomic mass is 10.1. The van der Waals surface area contributed by atoms with Gasteiger partial charge < -0.3 is 14.1 Å². The minimum Gasteiger partial charge on any atom is -0.468 e. The zero-order valence-corrected chi connectivity index (χ0v) is 8.98. The second-order valence-corrected chi connectivity index (χ2v) is 3.53. The van der Waals surface area contributed by atoms with Crippen molar-refractivity contribution in [3.8, 4) is 17.3 Å². The highest BCUT2D eigenvalue weighted by molar-refractivity contribution is 5.78. The Hall–Kier alpha value is -2.50. The van der Waals surface area contributed by atoms with Crippen LogP contribution in [0.15, 0.2) is 33.6 Å². The molecule has 6 nitrogen and oxygen atoms in total. The Kier molecular flexibility index (Phi) is 2.01. The van der Waals surface area contributed by atoms with Crippen molar-refractivity contribution in [3.63, 3.8) is 0 Å². The number of hydrogen-bond donors (Lipinski definition) is 2. The second kappa shape index (κ2) is 3.51. The van der Waals surface area contributed by atoms with Gasteiger partial charge in [0, 0.05) is 5.56 Å². The molecule has 2 heterocycles. The molecule has 0 unspecified atom stereocenters. The molecule has 1 aromatic carbocycles. The lowest BCUT2D eigenvalue weighted by Gasteiger charge is -1.96. The van der Waals surface area contributed by atoms with Crippen molar-refractivity contribution in [2.24, 2.45) is 0 Å². The maximum absolute atomic E-state index is 11.0. The van der Waals surface area contributed by atoms with E-state index >= 15 is 0 Å². The molecular weight excluding hydrogens is 222 g/mol. The van der Waals surface area contributed by atoms with Gasteiger partial charge in [0.1, 0.15) is 0 Å². The van der Waals surface area contributed by atoms with Crippen LogP contribution in [0.3, 0.4) is 0 Å². The third kappa shape index (κ3) is 1.59. The fourth-order valence-corrected chi connectivity index (χ4v) is 1.67. The van der Waals surface area contributed by atoms with Gasteiger partial charge in [0.15, 0.2) is 5.58 Å². The third-order valence-electron chi connectivity index (χ3n) is 2.48. The van der Waals surface area contributed by atoms with Gasteiger partial charge in [0.25, 0.3) is 6.01 Å². The molecule has 17 heavy (non-hydrogen) atoms. The van der Waals surface area contributed by atoms with Crippen LogP contribution in [0, 0.1) is 0 Å². The van der Waals surface area contributed by atoms with Crippen LogP contribution in [0.5, 0.6) is 6.01 Å². The Labute approximate surface area is 95.3 Å². The number of aromatic nitrogens is 3. The number of oxazole rings is 1. The van der Waals surface area contributed by atoms with Gasteiger partial charge in [-0.15, -0.1) is 0 Å². The highest BCUT2D eigenvalue weighted by Gasteiger charge is 2.06. The van der Waals surface area contributed by atoms with Crippen molar-refractivity contribution < 1.29 is 9.15 Å². The van der Waals surface area contributed by atoms with E-state index in [9.17, 15) is 4.79 Å². The van der Waals surface area contributed by atoms with Gasteiger partial charge in [-0.2, -0.15) is 0 Å². The SMILES string of the molecule is COc1ncc(-c2ccc3oc(=O)[nH]c3c2)[nH]1. The van der Waals surface area contributed by atoms with Crippen LogP contribution < -0.4 is 10.5 Å². The van der Waals surface area contributed by atoms with Gasteiger partial charge in [-0.1, -0.05) is 0 Å². The molecule has 3 rings (SSSR count). The molecule has 0 radical (unpaired) electrons. The smallest absolute Gasteiger partial charge is 0.417 e. The first-order valence-corrected chi connectivity index (χ1v) is 4.98. The van der Waals surface area contributed by atoms with E-state index in [0.717, 1.165) is 11.3 Å². The number of nitrogens with one attached hydrogen (secondary N) is 2. The quantitative estimate of drug-likeness (QED) is 0.700. The summed E-state index contributed by atoms with van der Waals surface area (Å²) in [6.07, 6.45) is 1.66. The number of nitrogens with zero attached hydrogens (tertiary/aromatic N) is 1.